The number of para-hydroxylation sites is 1. The lowest BCUT2D eigenvalue weighted by molar-refractivity contribution is 0.469. The number of nitriles is 1. The minimum atomic E-state index is 0.671. The molecule has 0 heterocycles. The highest BCUT2D eigenvalue weighted by molar-refractivity contribution is 7.98. The van der Waals surface area contributed by atoms with E-state index in [2.05, 4.69) is 24.8 Å². The molecule has 0 unspecified atom stereocenters. The van der Waals surface area contributed by atoms with Gasteiger partial charge in [-0.05, 0) is 43.9 Å². The lowest BCUT2D eigenvalue weighted by Gasteiger charge is -2.27. The molecule has 126 valence electrons. The number of hydrogen-bond donors (Lipinski definition) is 0. The van der Waals surface area contributed by atoms with Crippen molar-refractivity contribution < 1.29 is 4.74 Å². The molecule has 24 heavy (non-hydrogen) atoms. The van der Waals surface area contributed by atoms with Gasteiger partial charge in [0.25, 0.3) is 0 Å². The van der Waals surface area contributed by atoms with Gasteiger partial charge in [-0.1, -0.05) is 31.5 Å². The number of nitrogens with zero attached hydrogens (tertiary/aromatic N) is 2. The van der Waals surface area contributed by atoms with E-state index in [1.54, 1.807) is 11.8 Å². The highest BCUT2D eigenvalue weighted by Gasteiger charge is 2.17. The van der Waals surface area contributed by atoms with E-state index in [0.717, 1.165) is 48.0 Å². The van der Waals surface area contributed by atoms with Gasteiger partial charge >= 0.3 is 0 Å². The summed E-state index contributed by atoms with van der Waals surface area (Å²) in [7, 11) is 0. The van der Waals surface area contributed by atoms with Crippen molar-refractivity contribution in [2.24, 2.45) is 0 Å². The van der Waals surface area contributed by atoms with Gasteiger partial charge in [0.15, 0.2) is 5.75 Å². The Hall–Kier alpha value is -2.12. The van der Waals surface area contributed by atoms with Crippen LogP contribution in [0.2, 0.25) is 0 Å². The van der Waals surface area contributed by atoms with Crippen LogP contribution in [0.1, 0.15) is 32.3 Å². The van der Waals surface area contributed by atoms with Gasteiger partial charge in [-0.25, -0.2) is 0 Å². The van der Waals surface area contributed by atoms with Gasteiger partial charge in [0.05, 0.1) is 22.2 Å². The number of anilines is 1. The Bertz CT molecular complexity index is 695. The summed E-state index contributed by atoms with van der Waals surface area (Å²) in [5.74, 6) is 1.65. The van der Waals surface area contributed by atoms with Gasteiger partial charge in [0.2, 0.25) is 0 Å². The Balaban J connectivity index is 2.50. The fraction of sp³-hybridized carbons (Fsp3) is 0.350. The topological polar surface area (TPSA) is 36.3 Å². The lowest BCUT2D eigenvalue weighted by atomic mass is 10.1. The van der Waals surface area contributed by atoms with Crippen molar-refractivity contribution in [3.8, 4) is 17.6 Å². The van der Waals surface area contributed by atoms with Crippen LogP contribution in [0.5, 0.6) is 11.5 Å². The molecule has 0 aliphatic carbocycles. The van der Waals surface area contributed by atoms with Crippen molar-refractivity contribution in [3.63, 3.8) is 0 Å². The molecular formula is C20H24N2OS. The molecular weight excluding hydrogens is 316 g/mol. The summed E-state index contributed by atoms with van der Waals surface area (Å²) in [5.41, 5.74) is 1.67. The Kier molecular flexibility index (Phi) is 7.02. The zero-order valence-electron chi connectivity index (χ0n) is 14.6. The molecule has 0 aliphatic rings. The van der Waals surface area contributed by atoms with Crippen LogP contribution in [0.15, 0.2) is 47.4 Å². The third-order valence-corrected chi connectivity index (χ3v) is 4.59. The summed E-state index contributed by atoms with van der Waals surface area (Å²) < 4.78 is 6.22. The standard InChI is InChI=1S/C20H24N2OS/c1-4-6-12-22(5-2)18-13-16(15-21)14-19(24-3)20(18)23-17-10-8-7-9-11-17/h7-11,13-14H,4-6,12H2,1-3H3. The van der Waals surface area contributed by atoms with Crippen molar-refractivity contribution in [2.75, 3.05) is 24.2 Å². The molecule has 0 N–H and O–H groups in total. The van der Waals surface area contributed by atoms with Crippen molar-refractivity contribution in [1.29, 1.82) is 5.26 Å². The van der Waals surface area contributed by atoms with E-state index >= 15 is 0 Å². The number of thioether (sulfide) groups is 1. The largest absolute Gasteiger partial charge is 0.454 e. The number of ether oxygens (including phenoxy) is 1. The minimum Gasteiger partial charge on any atom is -0.454 e. The Labute approximate surface area is 149 Å². The number of unbranched alkanes of at least 4 members (excludes halogenated alkanes) is 1. The molecule has 0 spiro atoms. The predicted octanol–water partition coefficient (Wildman–Crippen LogP) is 5.70. The van der Waals surface area contributed by atoms with E-state index in [0.29, 0.717) is 5.56 Å². The maximum atomic E-state index is 9.37. The number of rotatable bonds is 8. The summed E-state index contributed by atoms with van der Waals surface area (Å²) in [4.78, 5) is 3.28. The fourth-order valence-corrected chi connectivity index (χ4v) is 3.12. The molecule has 0 bridgehead atoms. The Morgan fingerprint density at radius 3 is 2.50 bits per heavy atom. The monoisotopic (exact) mass is 340 g/mol. The molecule has 0 atom stereocenters. The van der Waals surface area contributed by atoms with Gasteiger partial charge in [0, 0.05) is 13.1 Å². The number of benzene rings is 2. The van der Waals surface area contributed by atoms with Gasteiger partial charge in [0.1, 0.15) is 5.75 Å². The SMILES string of the molecule is CCCCN(CC)c1cc(C#N)cc(SC)c1Oc1ccccc1. The van der Waals surface area contributed by atoms with E-state index in [9.17, 15) is 5.26 Å². The first-order valence-corrected chi connectivity index (χ1v) is 9.55. The minimum absolute atomic E-state index is 0.671. The Morgan fingerprint density at radius 1 is 1.17 bits per heavy atom. The molecule has 0 saturated carbocycles. The first kappa shape index (κ1) is 18.2. The van der Waals surface area contributed by atoms with Crippen molar-refractivity contribution in [2.45, 2.75) is 31.6 Å². The van der Waals surface area contributed by atoms with Gasteiger partial charge < -0.3 is 9.64 Å². The summed E-state index contributed by atoms with van der Waals surface area (Å²) in [6.45, 7) is 6.17. The van der Waals surface area contributed by atoms with Crippen LogP contribution in [0.25, 0.3) is 0 Å². The summed E-state index contributed by atoms with van der Waals surface area (Å²) in [6, 6.07) is 15.9. The van der Waals surface area contributed by atoms with Gasteiger partial charge in [-0.3, -0.25) is 0 Å². The summed E-state index contributed by atoms with van der Waals surface area (Å²) >= 11 is 1.61. The fourth-order valence-electron chi connectivity index (χ4n) is 2.55. The molecule has 2 aromatic carbocycles. The molecule has 0 aliphatic heterocycles. The zero-order valence-corrected chi connectivity index (χ0v) is 15.4. The van der Waals surface area contributed by atoms with Crippen molar-refractivity contribution >= 4 is 17.4 Å². The second kappa shape index (κ2) is 9.24. The molecule has 0 fully saturated rings. The quantitative estimate of drug-likeness (QED) is 0.578. The molecule has 2 aromatic rings. The first-order chi connectivity index (χ1) is 11.7. The van der Waals surface area contributed by atoms with Crippen LogP contribution >= 0.6 is 11.8 Å². The van der Waals surface area contributed by atoms with Crippen molar-refractivity contribution in [1.82, 2.24) is 0 Å². The van der Waals surface area contributed by atoms with E-state index in [1.165, 1.54) is 0 Å². The van der Waals surface area contributed by atoms with Gasteiger partial charge in [-0.15, -0.1) is 11.8 Å². The summed E-state index contributed by atoms with van der Waals surface area (Å²) in [5, 5.41) is 9.37. The summed E-state index contributed by atoms with van der Waals surface area (Å²) in [6.07, 6.45) is 4.27. The van der Waals surface area contributed by atoms with Gasteiger partial charge in [-0.2, -0.15) is 5.26 Å². The van der Waals surface area contributed by atoms with Crippen LogP contribution in [0.3, 0.4) is 0 Å². The Morgan fingerprint density at radius 2 is 1.92 bits per heavy atom. The highest BCUT2D eigenvalue weighted by atomic mass is 32.2. The molecule has 4 heteroatoms. The molecule has 2 rings (SSSR count). The molecule has 0 saturated heterocycles. The number of hydrogen-bond acceptors (Lipinski definition) is 4. The second-order valence-electron chi connectivity index (χ2n) is 5.49. The third kappa shape index (κ3) is 4.46. The molecule has 0 amide bonds. The molecule has 0 aromatic heterocycles. The van der Waals surface area contributed by atoms with E-state index in [4.69, 9.17) is 4.74 Å². The molecule has 3 nitrogen and oxygen atoms in total. The van der Waals surface area contributed by atoms with Crippen LogP contribution < -0.4 is 9.64 Å². The smallest absolute Gasteiger partial charge is 0.164 e. The average molecular weight is 340 g/mol. The van der Waals surface area contributed by atoms with Crippen LogP contribution in [0.4, 0.5) is 5.69 Å². The van der Waals surface area contributed by atoms with Crippen LogP contribution in [0, 0.1) is 11.3 Å². The average Bonchev–Trinajstić information content (AvgIpc) is 2.64. The third-order valence-electron chi connectivity index (χ3n) is 3.85. The lowest BCUT2D eigenvalue weighted by Crippen LogP contribution is -2.24. The van der Waals surface area contributed by atoms with E-state index in [-0.39, 0.29) is 0 Å². The highest BCUT2D eigenvalue weighted by Crippen LogP contribution is 2.41. The predicted molar refractivity (Wildman–Crippen MR) is 102 cm³/mol. The maximum absolute atomic E-state index is 9.37. The van der Waals surface area contributed by atoms with E-state index in [1.807, 2.05) is 48.7 Å². The molecule has 0 radical (unpaired) electrons. The van der Waals surface area contributed by atoms with Crippen molar-refractivity contribution in [3.05, 3.63) is 48.0 Å². The first-order valence-electron chi connectivity index (χ1n) is 8.33. The normalized spacial score (nSPS) is 10.2. The second-order valence-corrected chi connectivity index (χ2v) is 6.33. The maximum Gasteiger partial charge on any atom is 0.164 e. The van der Waals surface area contributed by atoms with Crippen LogP contribution in [-0.2, 0) is 0 Å². The van der Waals surface area contributed by atoms with E-state index < -0.39 is 0 Å². The van der Waals surface area contributed by atoms with Crippen LogP contribution in [-0.4, -0.2) is 19.3 Å². The zero-order chi connectivity index (χ0) is 17.4.